The van der Waals surface area contributed by atoms with Gasteiger partial charge in [0.2, 0.25) is 10.0 Å². The summed E-state index contributed by atoms with van der Waals surface area (Å²) < 4.78 is 40.4. The van der Waals surface area contributed by atoms with Gasteiger partial charge in [-0.1, -0.05) is 30.5 Å². The van der Waals surface area contributed by atoms with Crippen LogP contribution < -0.4 is 0 Å². The third-order valence-corrected chi connectivity index (χ3v) is 5.80. The molecule has 7 heteroatoms. The Balaban J connectivity index is 2.44. The standard InChI is InChI=1S/C13H17ClFNO3S/c14-11-6-4-7-12(13(11)15)20(18,19)16-8-3-1-2-5-10(16)9-17/h4,6-7,10,17H,1-3,5,8-9H2. The van der Waals surface area contributed by atoms with Crippen LogP contribution in [-0.2, 0) is 10.0 Å². The van der Waals surface area contributed by atoms with E-state index in [9.17, 15) is 17.9 Å². The molecular weight excluding hydrogens is 305 g/mol. The van der Waals surface area contributed by atoms with Crippen LogP contribution in [0.25, 0.3) is 0 Å². The van der Waals surface area contributed by atoms with Crippen LogP contribution in [0, 0.1) is 5.82 Å². The molecule has 1 aliphatic heterocycles. The Morgan fingerprint density at radius 3 is 2.80 bits per heavy atom. The van der Waals surface area contributed by atoms with E-state index in [0.717, 1.165) is 12.8 Å². The van der Waals surface area contributed by atoms with Crippen molar-refractivity contribution in [2.75, 3.05) is 13.2 Å². The number of hydrogen-bond acceptors (Lipinski definition) is 3. The van der Waals surface area contributed by atoms with Gasteiger partial charge < -0.3 is 5.11 Å². The van der Waals surface area contributed by atoms with Crippen molar-refractivity contribution in [2.24, 2.45) is 0 Å². The first-order chi connectivity index (χ1) is 9.48. The van der Waals surface area contributed by atoms with Gasteiger partial charge in [-0.15, -0.1) is 0 Å². The topological polar surface area (TPSA) is 57.6 Å². The quantitative estimate of drug-likeness (QED) is 0.930. The molecule has 4 nitrogen and oxygen atoms in total. The molecule has 112 valence electrons. The van der Waals surface area contributed by atoms with E-state index < -0.39 is 26.8 Å². The SMILES string of the molecule is O=S(=O)(c1cccc(Cl)c1F)N1CCCCCC1CO. The zero-order valence-electron chi connectivity index (χ0n) is 10.9. The van der Waals surface area contributed by atoms with E-state index in [1.165, 1.54) is 22.5 Å². The molecule has 0 saturated carbocycles. The lowest BCUT2D eigenvalue weighted by Crippen LogP contribution is -2.42. The van der Waals surface area contributed by atoms with Crippen LogP contribution in [0.5, 0.6) is 0 Å². The highest BCUT2D eigenvalue weighted by atomic mass is 35.5. The van der Waals surface area contributed by atoms with E-state index in [1.54, 1.807) is 0 Å². The summed E-state index contributed by atoms with van der Waals surface area (Å²) in [6, 6.07) is 3.42. The smallest absolute Gasteiger partial charge is 0.246 e. The first-order valence-corrected chi connectivity index (χ1v) is 8.37. The molecule has 1 N–H and O–H groups in total. The van der Waals surface area contributed by atoms with E-state index in [4.69, 9.17) is 11.6 Å². The number of hydrogen-bond donors (Lipinski definition) is 1. The second-order valence-corrected chi connectivity index (χ2v) is 7.12. The highest BCUT2D eigenvalue weighted by Crippen LogP contribution is 2.28. The molecule has 1 atom stereocenters. The summed E-state index contributed by atoms with van der Waals surface area (Å²) in [7, 11) is -3.99. The molecule has 1 fully saturated rings. The second-order valence-electron chi connectivity index (χ2n) is 4.85. The first kappa shape index (κ1) is 15.7. The van der Waals surface area contributed by atoms with Gasteiger partial charge in [-0.25, -0.2) is 12.8 Å². The molecular formula is C13H17ClFNO3S. The fraction of sp³-hybridized carbons (Fsp3) is 0.538. The molecule has 1 unspecified atom stereocenters. The van der Waals surface area contributed by atoms with E-state index in [2.05, 4.69) is 0 Å². The molecule has 20 heavy (non-hydrogen) atoms. The van der Waals surface area contributed by atoms with Crippen LogP contribution in [0.15, 0.2) is 23.1 Å². The van der Waals surface area contributed by atoms with Crippen LogP contribution in [0.3, 0.4) is 0 Å². The van der Waals surface area contributed by atoms with Crippen LogP contribution in [-0.4, -0.2) is 37.0 Å². The predicted octanol–water partition coefficient (Wildman–Crippen LogP) is 2.40. The molecule has 1 heterocycles. The van der Waals surface area contributed by atoms with Gasteiger partial charge in [0.15, 0.2) is 5.82 Å². The maximum atomic E-state index is 14.0. The minimum absolute atomic E-state index is 0.221. The number of rotatable bonds is 3. The fourth-order valence-electron chi connectivity index (χ4n) is 2.46. The van der Waals surface area contributed by atoms with E-state index >= 15 is 0 Å². The largest absolute Gasteiger partial charge is 0.395 e. The van der Waals surface area contributed by atoms with Gasteiger partial charge in [0.1, 0.15) is 4.90 Å². The Bertz CT molecular complexity index is 579. The molecule has 1 saturated heterocycles. The molecule has 0 amide bonds. The molecule has 0 spiro atoms. The summed E-state index contributed by atoms with van der Waals surface area (Å²) >= 11 is 5.65. The maximum Gasteiger partial charge on any atom is 0.246 e. The summed E-state index contributed by atoms with van der Waals surface area (Å²) in [4.78, 5) is -0.426. The normalized spacial score (nSPS) is 21.6. The fourth-order valence-corrected chi connectivity index (χ4v) is 4.46. The van der Waals surface area contributed by atoms with Crippen molar-refractivity contribution in [1.29, 1.82) is 0 Å². The minimum atomic E-state index is -3.99. The monoisotopic (exact) mass is 321 g/mol. The van der Waals surface area contributed by atoms with E-state index in [0.29, 0.717) is 19.4 Å². The lowest BCUT2D eigenvalue weighted by atomic mass is 10.1. The van der Waals surface area contributed by atoms with Crippen molar-refractivity contribution in [1.82, 2.24) is 4.31 Å². The molecule has 1 aliphatic rings. The van der Waals surface area contributed by atoms with E-state index in [1.807, 2.05) is 0 Å². The van der Waals surface area contributed by atoms with Crippen LogP contribution in [0.1, 0.15) is 25.7 Å². The van der Waals surface area contributed by atoms with Crippen LogP contribution >= 0.6 is 11.6 Å². The summed E-state index contributed by atoms with van der Waals surface area (Å²) in [5.74, 6) is -0.935. The zero-order valence-corrected chi connectivity index (χ0v) is 12.5. The van der Waals surface area contributed by atoms with Gasteiger partial charge in [0.25, 0.3) is 0 Å². The number of halogens is 2. The molecule has 0 aromatic heterocycles. The predicted molar refractivity (Wildman–Crippen MR) is 74.6 cm³/mol. The first-order valence-electron chi connectivity index (χ1n) is 6.55. The zero-order chi connectivity index (χ0) is 14.8. The summed E-state index contributed by atoms with van der Waals surface area (Å²) in [5.41, 5.74) is 0. The molecule has 0 radical (unpaired) electrons. The van der Waals surface area contributed by atoms with Gasteiger partial charge in [0, 0.05) is 12.6 Å². The Labute approximate surface area is 123 Å². The summed E-state index contributed by atoms with van der Waals surface area (Å²) in [6.45, 7) is 0.0287. The van der Waals surface area contributed by atoms with E-state index in [-0.39, 0.29) is 11.6 Å². The van der Waals surface area contributed by atoms with Gasteiger partial charge in [0.05, 0.1) is 11.6 Å². The van der Waals surface area contributed by atoms with Gasteiger partial charge in [-0.05, 0) is 25.0 Å². The molecule has 0 aliphatic carbocycles. The average Bonchev–Trinajstić information content (AvgIpc) is 2.67. The lowest BCUT2D eigenvalue weighted by molar-refractivity contribution is 0.186. The average molecular weight is 322 g/mol. The minimum Gasteiger partial charge on any atom is -0.395 e. The van der Waals surface area contributed by atoms with Crippen LogP contribution in [0.4, 0.5) is 4.39 Å². The van der Waals surface area contributed by atoms with Crippen molar-refractivity contribution < 1.29 is 17.9 Å². The number of aliphatic hydroxyl groups excluding tert-OH is 1. The number of nitrogens with zero attached hydrogens (tertiary/aromatic N) is 1. The van der Waals surface area contributed by atoms with Gasteiger partial charge in [-0.3, -0.25) is 0 Å². The van der Waals surface area contributed by atoms with Gasteiger partial charge in [-0.2, -0.15) is 4.31 Å². The highest BCUT2D eigenvalue weighted by Gasteiger charge is 2.34. The third kappa shape index (κ3) is 2.98. The Kier molecular flexibility index (Phi) is 5.01. The second kappa shape index (κ2) is 6.39. The third-order valence-electron chi connectivity index (χ3n) is 3.54. The highest BCUT2D eigenvalue weighted by molar-refractivity contribution is 7.89. The number of sulfonamides is 1. The van der Waals surface area contributed by atoms with Crippen molar-refractivity contribution >= 4 is 21.6 Å². The Morgan fingerprint density at radius 1 is 1.35 bits per heavy atom. The molecule has 2 rings (SSSR count). The molecule has 1 aromatic rings. The van der Waals surface area contributed by atoms with Crippen molar-refractivity contribution in [3.8, 4) is 0 Å². The molecule has 1 aromatic carbocycles. The Hall–Kier alpha value is -0.690. The molecule has 0 bridgehead atoms. The van der Waals surface area contributed by atoms with Crippen molar-refractivity contribution in [3.05, 3.63) is 29.0 Å². The summed E-state index contributed by atoms with van der Waals surface area (Å²) in [6.07, 6.45) is 3.05. The maximum absolute atomic E-state index is 14.0. The Morgan fingerprint density at radius 2 is 2.10 bits per heavy atom. The summed E-state index contributed by atoms with van der Waals surface area (Å²) in [5, 5.41) is 9.17. The van der Waals surface area contributed by atoms with Crippen molar-refractivity contribution in [3.63, 3.8) is 0 Å². The number of benzene rings is 1. The lowest BCUT2D eigenvalue weighted by Gasteiger charge is -2.27. The van der Waals surface area contributed by atoms with Crippen LogP contribution in [0.2, 0.25) is 5.02 Å². The van der Waals surface area contributed by atoms with Crippen molar-refractivity contribution in [2.45, 2.75) is 36.6 Å². The van der Waals surface area contributed by atoms with Gasteiger partial charge >= 0.3 is 0 Å². The number of aliphatic hydroxyl groups is 1.